The van der Waals surface area contributed by atoms with E-state index in [-0.39, 0.29) is 24.7 Å². The summed E-state index contributed by atoms with van der Waals surface area (Å²) in [6.45, 7) is 4.34. The maximum Gasteiger partial charge on any atom is 0.240 e. The van der Waals surface area contributed by atoms with Gasteiger partial charge in [-0.15, -0.1) is 0 Å². The van der Waals surface area contributed by atoms with Crippen molar-refractivity contribution in [1.29, 1.82) is 0 Å². The molecule has 8 heteroatoms. The zero-order chi connectivity index (χ0) is 24.5. The van der Waals surface area contributed by atoms with E-state index in [4.69, 9.17) is 4.74 Å². The first-order valence-corrected chi connectivity index (χ1v) is 12.2. The Morgan fingerprint density at radius 2 is 1.68 bits per heavy atom. The molecule has 0 saturated heterocycles. The Kier molecular flexibility index (Phi) is 9.42. The van der Waals surface area contributed by atoms with Crippen molar-refractivity contribution in [2.45, 2.75) is 33.3 Å². The summed E-state index contributed by atoms with van der Waals surface area (Å²) in [5.74, 6) is 0.162. The molecule has 0 aliphatic carbocycles. The number of aryl methyl sites for hydroxylation is 2. The van der Waals surface area contributed by atoms with E-state index < -0.39 is 0 Å². The molecule has 3 aromatic rings. The molecule has 2 N–H and O–H groups in total. The largest absolute Gasteiger partial charge is 0.488 e. The fourth-order valence-electron chi connectivity index (χ4n) is 3.00. The first-order chi connectivity index (χ1) is 16.3. The average molecular weight is 587 g/mol. The van der Waals surface area contributed by atoms with Crippen LogP contribution in [0.2, 0.25) is 0 Å². The second kappa shape index (κ2) is 12.5. The Morgan fingerprint density at radius 1 is 0.941 bits per heavy atom. The second-order valence-electron chi connectivity index (χ2n) is 7.76. The lowest BCUT2D eigenvalue weighted by atomic mass is 10.1. The highest BCUT2D eigenvalue weighted by Gasteiger charge is 2.08. The number of carbonyl (C=O) groups excluding carboxylic acids is 2. The third-order valence-electron chi connectivity index (χ3n) is 4.91. The smallest absolute Gasteiger partial charge is 0.240 e. The molecule has 0 aliphatic rings. The third-order valence-corrected chi connectivity index (χ3v) is 6.06. The molecule has 0 aliphatic heterocycles. The van der Waals surface area contributed by atoms with Crippen molar-refractivity contribution in [2.24, 2.45) is 5.10 Å². The lowest BCUT2D eigenvalue weighted by Crippen LogP contribution is -2.20. The van der Waals surface area contributed by atoms with Crippen LogP contribution in [-0.4, -0.2) is 18.0 Å². The van der Waals surface area contributed by atoms with E-state index in [0.717, 1.165) is 36.9 Å². The first kappa shape index (κ1) is 25.6. The van der Waals surface area contributed by atoms with E-state index in [1.807, 2.05) is 74.5 Å². The number of nitrogens with one attached hydrogen (secondary N) is 2. The van der Waals surface area contributed by atoms with Crippen LogP contribution >= 0.6 is 31.9 Å². The van der Waals surface area contributed by atoms with Crippen molar-refractivity contribution in [1.82, 2.24) is 5.43 Å². The van der Waals surface area contributed by atoms with Gasteiger partial charge in [0.15, 0.2) is 0 Å². The van der Waals surface area contributed by atoms with Gasteiger partial charge in [-0.05, 0) is 88.4 Å². The summed E-state index contributed by atoms with van der Waals surface area (Å²) in [5, 5.41) is 6.83. The molecule has 0 heterocycles. The molecule has 3 rings (SSSR count). The van der Waals surface area contributed by atoms with Gasteiger partial charge in [0.05, 0.1) is 10.7 Å². The molecule has 2 amide bonds. The number of nitrogens with zero attached hydrogens (tertiary/aromatic N) is 1. The second-order valence-corrected chi connectivity index (χ2v) is 9.53. The van der Waals surface area contributed by atoms with E-state index in [0.29, 0.717) is 12.4 Å². The van der Waals surface area contributed by atoms with Gasteiger partial charge in [-0.2, -0.15) is 5.10 Å². The Balaban J connectivity index is 1.43. The molecule has 3 aromatic carbocycles. The standard InChI is InChI=1S/C26H25Br2N3O3/c1-17-3-4-18(2)23(13-17)30-25(32)11-12-26(33)31-29-15-20-7-10-24(22(28)14-20)34-16-19-5-8-21(27)9-6-19/h3-10,13-15H,11-12,16H2,1-2H3,(H,30,32)(H,31,33). The van der Waals surface area contributed by atoms with Gasteiger partial charge in [0.1, 0.15) is 12.4 Å². The van der Waals surface area contributed by atoms with Gasteiger partial charge in [0.2, 0.25) is 11.8 Å². The van der Waals surface area contributed by atoms with Crippen LogP contribution in [0.3, 0.4) is 0 Å². The Hall–Kier alpha value is -2.97. The molecule has 0 bridgehead atoms. The SMILES string of the molecule is Cc1ccc(C)c(NC(=O)CCC(=O)NN=Cc2ccc(OCc3ccc(Br)cc3)c(Br)c2)c1. The summed E-state index contributed by atoms with van der Waals surface area (Å²) in [5.41, 5.74) is 7.10. The van der Waals surface area contributed by atoms with Gasteiger partial charge in [0.25, 0.3) is 0 Å². The summed E-state index contributed by atoms with van der Waals surface area (Å²) in [7, 11) is 0. The number of ether oxygens (including phenoxy) is 1. The van der Waals surface area contributed by atoms with E-state index in [9.17, 15) is 9.59 Å². The lowest BCUT2D eigenvalue weighted by molar-refractivity contribution is -0.124. The topological polar surface area (TPSA) is 79.8 Å². The van der Waals surface area contributed by atoms with E-state index in [1.54, 1.807) is 0 Å². The predicted molar refractivity (Wildman–Crippen MR) is 142 cm³/mol. The van der Waals surface area contributed by atoms with Crippen LogP contribution < -0.4 is 15.5 Å². The van der Waals surface area contributed by atoms with Gasteiger partial charge in [0, 0.05) is 23.0 Å². The van der Waals surface area contributed by atoms with Crippen molar-refractivity contribution in [3.63, 3.8) is 0 Å². The number of hydrazone groups is 1. The number of benzene rings is 3. The third kappa shape index (κ3) is 8.11. The summed E-state index contributed by atoms with van der Waals surface area (Å²) in [6.07, 6.45) is 1.66. The molecule has 0 radical (unpaired) electrons. The number of carbonyl (C=O) groups is 2. The highest BCUT2D eigenvalue weighted by molar-refractivity contribution is 9.10. The van der Waals surface area contributed by atoms with E-state index in [2.05, 4.69) is 47.7 Å². The van der Waals surface area contributed by atoms with Crippen LogP contribution in [0.5, 0.6) is 5.75 Å². The van der Waals surface area contributed by atoms with Gasteiger partial charge >= 0.3 is 0 Å². The summed E-state index contributed by atoms with van der Waals surface area (Å²) >= 11 is 6.92. The summed E-state index contributed by atoms with van der Waals surface area (Å²) in [6, 6.07) is 19.3. The highest BCUT2D eigenvalue weighted by Crippen LogP contribution is 2.26. The fraction of sp³-hybridized carbons (Fsp3) is 0.192. The molecule has 0 saturated carbocycles. The molecule has 176 valence electrons. The minimum absolute atomic E-state index is 0.0422. The van der Waals surface area contributed by atoms with Crippen molar-refractivity contribution in [2.75, 3.05) is 5.32 Å². The molecular weight excluding hydrogens is 562 g/mol. The van der Waals surface area contributed by atoms with Crippen LogP contribution in [-0.2, 0) is 16.2 Å². The van der Waals surface area contributed by atoms with Gasteiger partial charge in [-0.3, -0.25) is 9.59 Å². The molecule has 34 heavy (non-hydrogen) atoms. The van der Waals surface area contributed by atoms with E-state index in [1.165, 1.54) is 6.21 Å². The van der Waals surface area contributed by atoms with Crippen molar-refractivity contribution in [3.05, 3.63) is 91.9 Å². The maximum absolute atomic E-state index is 12.2. The number of hydrogen-bond donors (Lipinski definition) is 2. The van der Waals surface area contributed by atoms with Gasteiger partial charge < -0.3 is 10.1 Å². The zero-order valence-corrected chi connectivity index (χ0v) is 22.1. The number of hydrogen-bond acceptors (Lipinski definition) is 4. The van der Waals surface area contributed by atoms with Crippen LogP contribution in [0.4, 0.5) is 5.69 Å². The zero-order valence-electron chi connectivity index (χ0n) is 18.9. The number of amides is 2. The predicted octanol–water partition coefficient (Wildman–Crippen LogP) is 6.28. The number of rotatable bonds is 9. The molecule has 0 spiro atoms. The summed E-state index contributed by atoms with van der Waals surface area (Å²) in [4.78, 5) is 24.2. The molecular formula is C26H25Br2N3O3. The fourth-order valence-corrected chi connectivity index (χ4v) is 3.78. The van der Waals surface area contributed by atoms with Crippen LogP contribution in [0.25, 0.3) is 0 Å². The highest BCUT2D eigenvalue weighted by atomic mass is 79.9. The minimum atomic E-state index is -0.333. The molecule has 0 aromatic heterocycles. The Morgan fingerprint density at radius 3 is 2.41 bits per heavy atom. The number of halogens is 2. The maximum atomic E-state index is 12.2. The number of anilines is 1. The molecule has 0 unspecified atom stereocenters. The monoisotopic (exact) mass is 585 g/mol. The van der Waals surface area contributed by atoms with Crippen LogP contribution in [0.1, 0.15) is 35.1 Å². The van der Waals surface area contributed by atoms with Crippen LogP contribution in [0, 0.1) is 13.8 Å². The molecule has 0 atom stereocenters. The minimum Gasteiger partial charge on any atom is -0.488 e. The quantitative estimate of drug-likeness (QED) is 0.229. The van der Waals surface area contributed by atoms with E-state index >= 15 is 0 Å². The average Bonchev–Trinajstić information content (AvgIpc) is 2.80. The lowest BCUT2D eigenvalue weighted by Gasteiger charge is -2.09. The van der Waals surface area contributed by atoms with Crippen molar-refractivity contribution < 1.29 is 14.3 Å². The Labute approximate surface area is 216 Å². The first-order valence-electron chi connectivity index (χ1n) is 10.7. The molecule has 0 fully saturated rings. The molecule has 6 nitrogen and oxygen atoms in total. The van der Waals surface area contributed by atoms with Crippen molar-refractivity contribution in [3.8, 4) is 5.75 Å². The van der Waals surface area contributed by atoms with Crippen LogP contribution in [0.15, 0.2) is 74.7 Å². The van der Waals surface area contributed by atoms with Gasteiger partial charge in [-0.1, -0.05) is 40.2 Å². The Bertz CT molecular complexity index is 1190. The summed E-state index contributed by atoms with van der Waals surface area (Å²) < 4.78 is 7.66. The van der Waals surface area contributed by atoms with Gasteiger partial charge in [-0.25, -0.2) is 5.43 Å². The van der Waals surface area contributed by atoms with Crippen molar-refractivity contribution >= 4 is 55.6 Å². The normalized spacial score (nSPS) is 10.8.